The molecule has 0 amide bonds. The lowest BCUT2D eigenvalue weighted by Crippen LogP contribution is -2.54. The van der Waals surface area contributed by atoms with Gasteiger partial charge in [0.1, 0.15) is 0 Å². The van der Waals surface area contributed by atoms with Gasteiger partial charge >= 0.3 is 0 Å². The lowest BCUT2D eigenvalue weighted by molar-refractivity contribution is 0.0287. The van der Waals surface area contributed by atoms with Crippen LogP contribution >= 0.6 is 0 Å². The summed E-state index contributed by atoms with van der Waals surface area (Å²) in [4.78, 5) is 0. The van der Waals surface area contributed by atoms with Crippen LogP contribution < -0.4 is 5.32 Å². The number of hydrogen-bond acceptors (Lipinski definition) is 2. The van der Waals surface area contributed by atoms with Crippen LogP contribution in [0.15, 0.2) is 0 Å². The molecule has 0 aromatic heterocycles. The van der Waals surface area contributed by atoms with Crippen LogP contribution in [0.1, 0.15) is 13.8 Å². The molecule has 0 bridgehead atoms. The second-order valence-electron chi connectivity index (χ2n) is 3.05. The van der Waals surface area contributed by atoms with Crippen LogP contribution in [-0.4, -0.2) is 26.3 Å². The van der Waals surface area contributed by atoms with Gasteiger partial charge in [0.2, 0.25) is 0 Å². The number of nitrogens with one attached hydrogen (secondary N) is 1. The Morgan fingerprint density at radius 2 is 2.22 bits per heavy atom. The summed E-state index contributed by atoms with van der Waals surface area (Å²) in [5, 5.41) is 3.23. The Hall–Kier alpha value is -0.0800. The standard InChI is InChI=1S/C7H15NO/c1-3-9-6-7(2)4-8-5-7/h8H,3-6H2,1-2H3. The molecule has 1 fully saturated rings. The number of rotatable bonds is 3. The Kier molecular flexibility index (Phi) is 2.09. The molecule has 1 rings (SSSR count). The van der Waals surface area contributed by atoms with Gasteiger partial charge in [0.15, 0.2) is 0 Å². The first-order valence-electron chi connectivity index (χ1n) is 3.55. The lowest BCUT2D eigenvalue weighted by atomic mass is 9.85. The van der Waals surface area contributed by atoms with Crippen LogP contribution in [-0.2, 0) is 4.74 Å². The second-order valence-corrected chi connectivity index (χ2v) is 3.05. The van der Waals surface area contributed by atoms with Crippen molar-refractivity contribution >= 4 is 0 Å². The van der Waals surface area contributed by atoms with E-state index in [1.807, 2.05) is 6.92 Å². The van der Waals surface area contributed by atoms with Gasteiger partial charge in [-0.2, -0.15) is 0 Å². The van der Waals surface area contributed by atoms with Crippen molar-refractivity contribution < 1.29 is 4.74 Å². The molecule has 0 atom stereocenters. The van der Waals surface area contributed by atoms with Gasteiger partial charge in [0.05, 0.1) is 6.61 Å². The maximum absolute atomic E-state index is 5.30. The normalized spacial score (nSPS) is 23.3. The minimum absolute atomic E-state index is 0.440. The quantitative estimate of drug-likeness (QED) is 0.603. The smallest absolute Gasteiger partial charge is 0.0543 e. The van der Waals surface area contributed by atoms with Crippen molar-refractivity contribution in [3.63, 3.8) is 0 Å². The zero-order chi connectivity index (χ0) is 6.74. The van der Waals surface area contributed by atoms with Crippen molar-refractivity contribution in [2.75, 3.05) is 26.3 Å². The van der Waals surface area contributed by atoms with E-state index in [9.17, 15) is 0 Å². The third-order valence-corrected chi connectivity index (χ3v) is 1.76. The SMILES string of the molecule is CCOCC1(C)CNC1. The van der Waals surface area contributed by atoms with Gasteiger partial charge in [-0.1, -0.05) is 6.92 Å². The predicted octanol–water partition coefficient (Wildman–Crippen LogP) is 0.632. The van der Waals surface area contributed by atoms with E-state index < -0.39 is 0 Å². The van der Waals surface area contributed by atoms with Crippen molar-refractivity contribution in [1.82, 2.24) is 5.32 Å². The Balaban J connectivity index is 2.09. The van der Waals surface area contributed by atoms with Gasteiger partial charge < -0.3 is 10.1 Å². The first-order valence-corrected chi connectivity index (χ1v) is 3.55. The fourth-order valence-electron chi connectivity index (χ4n) is 1.00. The van der Waals surface area contributed by atoms with Crippen LogP contribution in [0, 0.1) is 5.41 Å². The van der Waals surface area contributed by atoms with E-state index in [1.54, 1.807) is 0 Å². The topological polar surface area (TPSA) is 21.3 Å². The van der Waals surface area contributed by atoms with Gasteiger partial charge in [-0.15, -0.1) is 0 Å². The summed E-state index contributed by atoms with van der Waals surface area (Å²) in [6.45, 7) is 8.28. The molecule has 0 aromatic carbocycles. The molecule has 0 aliphatic carbocycles. The lowest BCUT2D eigenvalue weighted by Gasteiger charge is -2.38. The molecule has 2 heteroatoms. The molecule has 1 saturated heterocycles. The van der Waals surface area contributed by atoms with Crippen LogP contribution in [0.3, 0.4) is 0 Å². The molecule has 0 aromatic rings. The molecule has 2 nitrogen and oxygen atoms in total. The van der Waals surface area contributed by atoms with Crippen LogP contribution in [0.4, 0.5) is 0 Å². The molecule has 0 radical (unpaired) electrons. The third kappa shape index (κ3) is 1.66. The van der Waals surface area contributed by atoms with Crippen molar-refractivity contribution in [3.8, 4) is 0 Å². The van der Waals surface area contributed by atoms with Crippen LogP contribution in [0.5, 0.6) is 0 Å². The number of hydrogen-bond donors (Lipinski definition) is 1. The highest BCUT2D eigenvalue weighted by Crippen LogP contribution is 2.20. The zero-order valence-corrected chi connectivity index (χ0v) is 6.24. The molecule has 54 valence electrons. The average molecular weight is 129 g/mol. The van der Waals surface area contributed by atoms with Crippen molar-refractivity contribution in [1.29, 1.82) is 0 Å². The molecule has 9 heavy (non-hydrogen) atoms. The molecule has 1 N–H and O–H groups in total. The van der Waals surface area contributed by atoms with Gasteiger partial charge in [-0.05, 0) is 6.92 Å². The first-order chi connectivity index (χ1) is 4.27. The van der Waals surface area contributed by atoms with Crippen molar-refractivity contribution in [3.05, 3.63) is 0 Å². The highest BCUT2D eigenvalue weighted by atomic mass is 16.5. The van der Waals surface area contributed by atoms with Crippen molar-refractivity contribution in [2.45, 2.75) is 13.8 Å². The Morgan fingerprint density at radius 3 is 2.56 bits per heavy atom. The van der Waals surface area contributed by atoms with Crippen molar-refractivity contribution in [2.24, 2.45) is 5.41 Å². The maximum Gasteiger partial charge on any atom is 0.0543 e. The monoisotopic (exact) mass is 129 g/mol. The molecule has 0 saturated carbocycles. The third-order valence-electron chi connectivity index (χ3n) is 1.76. The largest absolute Gasteiger partial charge is 0.381 e. The molecule has 0 spiro atoms. The molecule has 1 aliphatic heterocycles. The molecular weight excluding hydrogens is 114 g/mol. The molecule has 0 unspecified atom stereocenters. The van der Waals surface area contributed by atoms with Gasteiger partial charge in [-0.3, -0.25) is 0 Å². The van der Waals surface area contributed by atoms with E-state index in [1.165, 1.54) is 0 Å². The molecule has 1 aliphatic rings. The highest BCUT2D eigenvalue weighted by Gasteiger charge is 2.31. The van der Waals surface area contributed by atoms with E-state index in [-0.39, 0.29) is 0 Å². The van der Waals surface area contributed by atoms with Crippen LogP contribution in [0.25, 0.3) is 0 Å². The summed E-state index contributed by atoms with van der Waals surface area (Å²) >= 11 is 0. The summed E-state index contributed by atoms with van der Waals surface area (Å²) in [7, 11) is 0. The summed E-state index contributed by atoms with van der Waals surface area (Å²) in [6, 6.07) is 0. The van der Waals surface area contributed by atoms with E-state index in [0.717, 1.165) is 26.3 Å². The predicted molar refractivity (Wildman–Crippen MR) is 37.5 cm³/mol. The fourth-order valence-corrected chi connectivity index (χ4v) is 1.00. The summed E-state index contributed by atoms with van der Waals surface area (Å²) in [5.41, 5.74) is 0.440. The number of ether oxygens (including phenoxy) is 1. The van der Waals surface area contributed by atoms with Gasteiger partial charge in [0.25, 0.3) is 0 Å². The summed E-state index contributed by atoms with van der Waals surface area (Å²) in [6.07, 6.45) is 0. The van der Waals surface area contributed by atoms with E-state index >= 15 is 0 Å². The van der Waals surface area contributed by atoms with Crippen LogP contribution in [0.2, 0.25) is 0 Å². The maximum atomic E-state index is 5.30. The Morgan fingerprint density at radius 1 is 1.56 bits per heavy atom. The highest BCUT2D eigenvalue weighted by molar-refractivity contribution is 4.87. The summed E-state index contributed by atoms with van der Waals surface area (Å²) in [5.74, 6) is 0. The van der Waals surface area contributed by atoms with E-state index in [2.05, 4.69) is 12.2 Å². The van der Waals surface area contributed by atoms with E-state index in [0.29, 0.717) is 5.41 Å². The zero-order valence-electron chi connectivity index (χ0n) is 6.24. The van der Waals surface area contributed by atoms with Gasteiger partial charge in [-0.25, -0.2) is 0 Å². The van der Waals surface area contributed by atoms with E-state index in [4.69, 9.17) is 4.74 Å². The molecular formula is C7H15NO. The Bertz CT molecular complexity index is 88.9. The average Bonchev–Trinajstić information content (AvgIpc) is 1.79. The molecule has 1 heterocycles. The first kappa shape index (κ1) is 7.03. The van der Waals surface area contributed by atoms with Gasteiger partial charge in [0, 0.05) is 25.1 Å². The minimum atomic E-state index is 0.440. The Labute approximate surface area is 56.6 Å². The minimum Gasteiger partial charge on any atom is -0.381 e. The second kappa shape index (κ2) is 2.67. The summed E-state index contributed by atoms with van der Waals surface area (Å²) < 4.78 is 5.30. The fraction of sp³-hybridized carbons (Fsp3) is 1.00.